The maximum Gasteiger partial charge on any atom is 0.330 e. The first-order chi connectivity index (χ1) is 11.7. The summed E-state index contributed by atoms with van der Waals surface area (Å²) in [4.78, 5) is 23.4. The predicted octanol–water partition coefficient (Wildman–Crippen LogP) is 2.15. The number of hydrogen-bond donors (Lipinski definition) is 2. The second kappa shape index (κ2) is 7.52. The molecule has 0 spiro atoms. The van der Waals surface area contributed by atoms with Crippen molar-refractivity contribution < 1.29 is 23.8 Å². The van der Waals surface area contributed by atoms with Gasteiger partial charge >= 0.3 is 5.97 Å². The van der Waals surface area contributed by atoms with Crippen LogP contribution in [0.15, 0.2) is 18.2 Å². The zero-order chi connectivity index (χ0) is 18.7. The van der Waals surface area contributed by atoms with Crippen molar-refractivity contribution in [3.8, 4) is 5.75 Å². The number of aromatic nitrogens is 2. The van der Waals surface area contributed by atoms with Crippen molar-refractivity contribution in [3.63, 3.8) is 0 Å². The van der Waals surface area contributed by atoms with Crippen molar-refractivity contribution in [2.24, 2.45) is 7.05 Å². The van der Waals surface area contributed by atoms with Crippen LogP contribution in [-0.2, 0) is 16.6 Å². The number of carbonyl (C=O) groups excluding carboxylic acids is 1. The second-order valence-corrected chi connectivity index (χ2v) is 5.83. The Bertz CT molecular complexity index is 822. The van der Waals surface area contributed by atoms with Crippen LogP contribution in [0.5, 0.6) is 5.75 Å². The van der Waals surface area contributed by atoms with Gasteiger partial charge < -0.3 is 15.2 Å². The topological polar surface area (TPSA) is 93.5 Å². The number of amides is 1. The summed E-state index contributed by atoms with van der Waals surface area (Å²) in [5.74, 6) is -2.30. The van der Waals surface area contributed by atoms with Gasteiger partial charge in [0.05, 0.1) is 10.7 Å². The summed E-state index contributed by atoms with van der Waals surface area (Å²) in [6.45, 7) is 3.12. The van der Waals surface area contributed by atoms with Crippen molar-refractivity contribution in [1.82, 2.24) is 15.1 Å². The molecule has 2 aromatic rings. The van der Waals surface area contributed by atoms with E-state index in [2.05, 4.69) is 10.4 Å². The molecule has 2 N–H and O–H groups in total. The van der Waals surface area contributed by atoms with E-state index in [4.69, 9.17) is 16.3 Å². The Balaban J connectivity index is 2.07. The van der Waals surface area contributed by atoms with Crippen LogP contribution in [0.4, 0.5) is 4.39 Å². The molecule has 1 aromatic carbocycles. The molecule has 9 heteroatoms. The van der Waals surface area contributed by atoms with Gasteiger partial charge in [0.15, 0.2) is 18.4 Å². The highest BCUT2D eigenvalue weighted by Gasteiger charge is 2.23. The zero-order valence-corrected chi connectivity index (χ0v) is 14.6. The van der Waals surface area contributed by atoms with Crippen molar-refractivity contribution in [3.05, 3.63) is 46.0 Å². The van der Waals surface area contributed by atoms with E-state index in [-0.39, 0.29) is 10.6 Å². The number of ether oxygens (including phenoxy) is 1. The first kappa shape index (κ1) is 18.7. The number of nitrogens with one attached hydrogen (secondary N) is 1. The largest absolute Gasteiger partial charge is 0.480 e. The van der Waals surface area contributed by atoms with E-state index in [0.29, 0.717) is 11.4 Å². The van der Waals surface area contributed by atoms with Gasteiger partial charge in [0.1, 0.15) is 11.5 Å². The molecule has 0 aliphatic heterocycles. The number of aryl methyl sites for hydroxylation is 2. The highest BCUT2D eigenvalue weighted by atomic mass is 35.5. The number of halogens is 2. The molecule has 0 fully saturated rings. The number of hydrogen-bond acceptors (Lipinski definition) is 4. The SMILES string of the molecule is Cc1nn(C)c(C)c1OCC(=O)NC(C(=O)O)c1ccc(Cl)c(F)c1. The highest BCUT2D eigenvalue weighted by Crippen LogP contribution is 2.22. The Morgan fingerprint density at radius 2 is 2.12 bits per heavy atom. The summed E-state index contributed by atoms with van der Waals surface area (Å²) in [5.41, 5.74) is 1.42. The number of carbonyl (C=O) groups is 2. The van der Waals surface area contributed by atoms with E-state index >= 15 is 0 Å². The maximum atomic E-state index is 13.5. The standard InChI is InChI=1S/C16H17ClFN3O4/c1-8-15(9(2)21(3)20-8)25-7-13(22)19-14(16(23)24)10-4-5-11(17)12(18)6-10/h4-6,14H,7H2,1-3H3,(H,19,22)(H,23,24). The predicted molar refractivity (Wildman–Crippen MR) is 88.1 cm³/mol. The van der Waals surface area contributed by atoms with Gasteiger partial charge in [-0.15, -0.1) is 0 Å². The first-order valence-electron chi connectivity index (χ1n) is 7.30. The minimum Gasteiger partial charge on any atom is -0.480 e. The number of benzene rings is 1. The summed E-state index contributed by atoms with van der Waals surface area (Å²) >= 11 is 5.58. The zero-order valence-electron chi connectivity index (χ0n) is 13.8. The highest BCUT2D eigenvalue weighted by molar-refractivity contribution is 6.30. The van der Waals surface area contributed by atoms with Gasteiger partial charge in [0.25, 0.3) is 5.91 Å². The van der Waals surface area contributed by atoms with E-state index in [1.54, 1.807) is 25.6 Å². The lowest BCUT2D eigenvalue weighted by Crippen LogP contribution is -2.36. The van der Waals surface area contributed by atoms with Crippen molar-refractivity contribution in [2.45, 2.75) is 19.9 Å². The average Bonchev–Trinajstić information content (AvgIpc) is 2.78. The molecule has 0 bridgehead atoms. The Morgan fingerprint density at radius 3 is 2.64 bits per heavy atom. The molecule has 0 saturated carbocycles. The Kier molecular flexibility index (Phi) is 5.63. The summed E-state index contributed by atoms with van der Waals surface area (Å²) < 4.78 is 20.6. The monoisotopic (exact) mass is 369 g/mol. The molecule has 1 heterocycles. The van der Waals surface area contributed by atoms with Gasteiger partial charge in [0.2, 0.25) is 0 Å². The molecular weight excluding hydrogens is 353 g/mol. The third-order valence-corrected chi connectivity index (χ3v) is 3.93. The smallest absolute Gasteiger partial charge is 0.330 e. The van der Waals surface area contributed by atoms with Crippen LogP contribution < -0.4 is 10.1 Å². The van der Waals surface area contributed by atoms with Crippen LogP contribution >= 0.6 is 11.6 Å². The molecule has 7 nitrogen and oxygen atoms in total. The summed E-state index contributed by atoms with van der Waals surface area (Å²) in [7, 11) is 1.74. The van der Waals surface area contributed by atoms with Crippen LogP contribution in [0.3, 0.4) is 0 Å². The van der Waals surface area contributed by atoms with E-state index < -0.39 is 30.3 Å². The fraction of sp³-hybridized carbons (Fsp3) is 0.312. The van der Waals surface area contributed by atoms with Crippen LogP contribution in [0, 0.1) is 19.7 Å². The molecule has 0 aliphatic carbocycles. The third kappa shape index (κ3) is 4.27. The molecular formula is C16H17ClFN3O4. The van der Waals surface area contributed by atoms with Crippen molar-refractivity contribution >= 4 is 23.5 Å². The number of aliphatic carboxylic acids is 1. The van der Waals surface area contributed by atoms with E-state index in [1.807, 2.05) is 0 Å². The minimum atomic E-state index is -1.42. The van der Waals surface area contributed by atoms with E-state index in [9.17, 15) is 19.1 Å². The van der Waals surface area contributed by atoms with Crippen LogP contribution in [0.1, 0.15) is 23.0 Å². The number of nitrogens with zero attached hydrogens (tertiary/aromatic N) is 2. The fourth-order valence-corrected chi connectivity index (χ4v) is 2.40. The van der Waals surface area contributed by atoms with Crippen molar-refractivity contribution in [1.29, 1.82) is 0 Å². The molecule has 1 unspecified atom stereocenters. The molecule has 1 aromatic heterocycles. The van der Waals surface area contributed by atoms with Gasteiger partial charge in [-0.25, -0.2) is 9.18 Å². The Hall–Kier alpha value is -2.61. The number of rotatable bonds is 6. The van der Waals surface area contributed by atoms with Gasteiger partial charge in [-0.3, -0.25) is 9.48 Å². The number of carboxylic acids is 1. The summed E-state index contributed by atoms with van der Waals surface area (Å²) in [5, 5.41) is 15.6. The van der Waals surface area contributed by atoms with Crippen LogP contribution in [-0.4, -0.2) is 33.4 Å². The summed E-state index contributed by atoms with van der Waals surface area (Å²) in [6.07, 6.45) is 0. The van der Waals surface area contributed by atoms with Gasteiger partial charge in [-0.2, -0.15) is 5.10 Å². The Morgan fingerprint density at radius 1 is 1.44 bits per heavy atom. The van der Waals surface area contributed by atoms with E-state index in [1.165, 1.54) is 12.1 Å². The number of carboxylic acid groups (broad SMARTS) is 1. The summed E-state index contributed by atoms with van der Waals surface area (Å²) in [6, 6.07) is 2.12. The molecule has 1 amide bonds. The first-order valence-corrected chi connectivity index (χ1v) is 7.68. The lowest BCUT2D eigenvalue weighted by atomic mass is 10.1. The molecule has 134 valence electrons. The normalized spacial score (nSPS) is 11.9. The molecule has 0 saturated heterocycles. The fourth-order valence-electron chi connectivity index (χ4n) is 2.28. The quantitative estimate of drug-likeness (QED) is 0.813. The van der Waals surface area contributed by atoms with Crippen LogP contribution in [0.25, 0.3) is 0 Å². The molecule has 25 heavy (non-hydrogen) atoms. The van der Waals surface area contributed by atoms with Gasteiger partial charge in [0, 0.05) is 7.05 Å². The van der Waals surface area contributed by atoms with E-state index in [0.717, 1.165) is 11.8 Å². The lowest BCUT2D eigenvalue weighted by molar-refractivity contribution is -0.142. The molecule has 2 rings (SSSR count). The maximum absolute atomic E-state index is 13.5. The van der Waals surface area contributed by atoms with Gasteiger partial charge in [-0.05, 0) is 31.5 Å². The van der Waals surface area contributed by atoms with Gasteiger partial charge in [-0.1, -0.05) is 17.7 Å². The third-order valence-electron chi connectivity index (χ3n) is 3.62. The molecule has 0 radical (unpaired) electrons. The second-order valence-electron chi connectivity index (χ2n) is 5.42. The van der Waals surface area contributed by atoms with Crippen molar-refractivity contribution in [2.75, 3.05) is 6.61 Å². The molecule has 1 atom stereocenters. The Labute approximate surface area is 148 Å². The minimum absolute atomic E-state index is 0.0662. The average molecular weight is 370 g/mol. The van der Waals surface area contributed by atoms with Crippen LogP contribution in [0.2, 0.25) is 5.02 Å². The lowest BCUT2D eigenvalue weighted by Gasteiger charge is -2.15. The molecule has 0 aliphatic rings.